The number of amides is 1. The van der Waals surface area contributed by atoms with Crippen LogP contribution in [-0.2, 0) is 4.79 Å². The molecule has 22 heavy (non-hydrogen) atoms. The molecule has 0 bridgehead atoms. The fourth-order valence-corrected chi connectivity index (χ4v) is 4.22. The van der Waals surface area contributed by atoms with Crippen LogP contribution in [0.1, 0.15) is 51.9 Å². The lowest BCUT2D eigenvalue weighted by Crippen LogP contribution is -2.66. The fourth-order valence-electron chi connectivity index (χ4n) is 4.22. The molecule has 126 valence electrons. The van der Waals surface area contributed by atoms with Crippen molar-refractivity contribution in [2.45, 2.75) is 63.6 Å². The van der Waals surface area contributed by atoms with Crippen molar-refractivity contribution in [3.63, 3.8) is 0 Å². The van der Waals surface area contributed by atoms with Gasteiger partial charge in [-0.05, 0) is 43.4 Å². The molecule has 0 aromatic carbocycles. The summed E-state index contributed by atoms with van der Waals surface area (Å²) >= 11 is 0. The van der Waals surface area contributed by atoms with E-state index in [0.717, 1.165) is 19.0 Å². The number of hydrogen-bond donors (Lipinski definition) is 1. The summed E-state index contributed by atoms with van der Waals surface area (Å²) in [6.45, 7) is 4.11. The molecular formula is C16H25F3N2O. The van der Waals surface area contributed by atoms with E-state index < -0.39 is 17.6 Å². The minimum Gasteiger partial charge on any atom is -0.341 e. The zero-order valence-corrected chi connectivity index (χ0v) is 13.1. The number of nitrogens with one attached hydrogen (secondary N) is 1. The van der Waals surface area contributed by atoms with Crippen molar-refractivity contribution in [3.8, 4) is 0 Å². The van der Waals surface area contributed by atoms with Crippen LogP contribution in [0.25, 0.3) is 0 Å². The Kier molecular flexibility index (Phi) is 3.94. The van der Waals surface area contributed by atoms with Gasteiger partial charge in [-0.25, -0.2) is 0 Å². The first kappa shape index (κ1) is 16.1. The molecule has 3 fully saturated rings. The molecule has 1 aliphatic heterocycles. The number of carbonyl (C=O) groups is 1. The fraction of sp³-hybridized carbons (Fsp3) is 0.938. The standard InChI is InChI=1S/C16H25F3N2O/c1-12-3-7-14(8-4-12)10-21(11-14)9-13(22)20-15(5-2-6-15)16(17,18)19/h12H,2-11H2,1H3,(H,20,22). The molecule has 1 heterocycles. The third kappa shape index (κ3) is 2.86. The lowest BCUT2D eigenvalue weighted by Gasteiger charge is -2.53. The van der Waals surface area contributed by atoms with Gasteiger partial charge >= 0.3 is 6.18 Å². The highest BCUT2D eigenvalue weighted by Crippen LogP contribution is 2.46. The van der Waals surface area contributed by atoms with E-state index in [0.29, 0.717) is 11.8 Å². The van der Waals surface area contributed by atoms with Crippen LogP contribution in [0, 0.1) is 11.3 Å². The topological polar surface area (TPSA) is 32.3 Å². The number of halogens is 3. The monoisotopic (exact) mass is 318 g/mol. The second-order valence-corrected chi connectivity index (χ2v) is 7.81. The highest BCUT2D eigenvalue weighted by molar-refractivity contribution is 5.79. The minimum atomic E-state index is -4.34. The Labute approximate surface area is 129 Å². The summed E-state index contributed by atoms with van der Waals surface area (Å²) in [4.78, 5) is 14.0. The van der Waals surface area contributed by atoms with Crippen molar-refractivity contribution in [1.82, 2.24) is 10.2 Å². The molecular weight excluding hydrogens is 293 g/mol. The van der Waals surface area contributed by atoms with Crippen LogP contribution in [0.5, 0.6) is 0 Å². The van der Waals surface area contributed by atoms with Crippen LogP contribution >= 0.6 is 0 Å². The van der Waals surface area contributed by atoms with Gasteiger partial charge in [-0.3, -0.25) is 9.69 Å². The maximum Gasteiger partial charge on any atom is 0.411 e. The Balaban J connectivity index is 1.46. The maximum absolute atomic E-state index is 13.0. The van der Waals surface area contributed by atoms with Gasteiger partial charge in [-0.2, -0.15) is 13.2 Å². The lowest BCUT2D eigenvalue weighted by atomic mass is 9.66. The van der Waals surface area contributed by atoms with Crippen molar-refractivity contribution in [2.75, 3.05) is 19.6 Å². The van der Waals surface area contributed by atoms with Gasteiger partial charge < -0.3 is 5.32 Å². The van der Waals surface area contributed by atoms with Gasteiger partial charge in [0.15, 0.2) is 0 Å². The molecule has 0 atom stereocenters. The third-order valence-corrected chi connectivity index (χ3v) is 5.95. The average Bonchev–Trinajstić information content (AvgIpc) is 2.33. The number of rotatable bonds is 3. The van der Waals surface area contributed by atoms with E-state index in [1.54, 1.807) is 0 Å². The Bertz CT molecular complexity index is 429. The zero-order chi connectivity index (χ0) is 16.0. The first-order chi connectivity index (χ1) is 10.2. The summed E-state index contributed by atoms with van der Waals surface area (Å²) in [5, 5.41) is 2.26. The molecule has 1 saturated heterocycles. The SMILES string of the molecule is CC1CCC2(CC1)CN(CC(=O)NC1(C(F)(F)F)CCC1)C2. The van der Waals surface area contributed by atoms with E-state index in [1.807, 2.05) is 4.90 Å². The molecule has 1 spiro atoms. The molecule has 6 heteroatoms. The van der Waals surface area contributed by atoms with E-state index in [1.165, 1.54) is 25.7 Å². The van der Waals surface area contributed by atoms with E-state index in [-0.39, 0.29) is 19.4 Å². The van der Waals surface area contributed by atoms with Gasteiger partial charge in [0.1, 0.15) is 5.54 Å². The Morgan fingerprint density at radius 2 is 1.77 bits per heavy atom. The summed E-state index contributed by atoms with van der Waals surface area (Å²) in [6, 6.07) is 0. The molecule has 0 aromatic heterocycles. The Hall–Kier alpha value is -0.780. The van der Waals surface area contributed by atoms with Crippen LogP contribution in [0.4, 0.5) is 13.2 Å². The molecule has 2 saturated carbocycles. The molecule has 1 N–H and O–H groups in total. The van der Waals surface area contributed by atoms with Crippen molar-refractivity contribution < 1.29 is 18.0 Å². The second kappa shape index (κ2) is 5.39. The number of nitrogens with zero attached hydrogens (tertiary/aromatic N) is 1. The summed E-state index contributed by atoms with van der Waals surface area (Å²) < 4.78 is 39.1. The van der Waals surface area contributed by atoms with Crippen LogP contribution in [0.2, 0.25) is 0 Å². The van der Waals surface area contributed by atoms with E-state index in [2.05, 4.69) is 12.2 Å². The molecule has 2 aliphatic carbocycles. The average molecular weight is 318 g/mol. The molecule has 1 amide bonds. The van der Waals surface area contributed by atoms with Gasteiger partial charge in [0.2, 0.25) is 5.91 Å². The third-order valence-electron chi connectivity index (χ3n) is 5.95. The van der Waals surface area contributed by atoms with E-state index in [9.17, 15) is 18.0 Å². The summed E-state index contributed by atoms with van der Waals surface area (Å²) in [5.41, 5.74) is -1.61. The number of likely N-dealkylation sites (tertiary alicyclic amines) is 1. The first-order valence-electron chi connectivity index (χ1n) is 8.34. The van der Waals surface area contributed by atoms with Crippen LogP contribution < -0.4 is 5.32 Å². The number of alkyl halides is 3. The van der Waals surface area contributed by atoms with Crippen LogP contribution in [0.15, 0.2) is 0 Å². The molecule has 3 nitrogen and oxygen atoms in total. The number of hydrogen-bond acceptors (Lipinski definition) is 2. The second-order valence-electron chi connectivity index (χ2n) is 7.81. The van der Waals surface area contributed by atoms with E-state index >= 15 is 0 Å². The highest BCUT2D eigenvalue weighted by Gasteiger charge is 2.59. The lowest BCUT2D eigenvalue weighted by molar-refractivity contribution is -0.219. The molecule has 0 unspecified atom stereocenters. The first-order valence-corrected chi connectivity index (χ1v) is 8.34. The van der Waals surface area contributed by atoms with Crippen molar-refractivity contribution in [2.24, 2.45) is 11.3 Å². The Morgan fingerprint density at radius 3 is 2.23 bits per heavy atom. The van der Waals surface area contributed by atoms with Gasteiger partial charge in [0, 0.05) is 13.1 Å². The predicted molar refractivity (Wildman–Crippen MR) is 77.3 cm³/mol. The zero-order valence-electron chi connectivity index (χ0n) is 13.1. The summed E-state index contributed by atoms with van der Waals surface area (Å²) in [5.74, 6) is 0.310. The molecule has 3 aliphatic rings. The van der Waals surface area contributed by atoms with Crippen molar-refractivity contribution in [3.05, 3.63) is 0 Å². The normalized spacial score (nSPS) is 28.0. The molecule has 0 radical (unpaired) electrons. The summed E-state index contributed by atoms with van der Waals surface area (Å²) in [7, 11) is 0. The van der Waals surface area contributed by atoms with E-state index in [4.69, 9.17) is 0 Å². The van der Waals surface area contributed by atoms with Crippen molar-refractivity contribution >= 4 is 5.91 Å². The van der Waals surface area contributed by atoms with Gasteiger partial charge in [0.05, 0.1) is 6.54 Å². The van der Waals surface area contributed by atoms with Crippen LogP contribution in [0.3, 0.4) is 0 Å². The smallest absolute Gasteiger partial charge is 0.341 e. The minimum absolute atomic E-state index is 0.0179. The summed E-state index contributed by atoms with van der Waals surface area (Å²) in [6.07, 6.45) is 1.08. The molecule has 0 aromatic rings. The molecule has 3 rings (SSSR count). The van der Waals surface area contributed by atoms with Gasteiger partial charge in [-0.15, -0.1) is 0 Å². The maximum atomic E-state index is 13.0. The largest absolute Gasteiger partial charge is 0.411 e. The van der Waals surface area contributed by atoms with Crippen LogP contribution in [-0.4, -0.2) is 42.2 Å². The number of carbonyl (C=O) groups excluding carboxylic acids is 1. The Morgan fingerprint density at radius 1 is 1.18 bits per heavy atom. The highest BCUT2D eigenvalue weighted by atomic mass is 19.4. The quantitative estimate of drug-likeness (QED) is 0.867. The van der Waals surface area contributed by atoms with Crippen molar-refractivity contribution in [1.29, 1.82) is 0 Å². The van der Waals surface area contributed by atoms with Gasteiger partial charge in [0.25, 0.3) is 0 Å². The van der Waals surface area contributed by atoms with Gasteiger partial charge in [-0.1, -0.05) is 19.8 Å². The predicted octanol–water partition coefficient (Wildman–Crippen LogP) is 3.10.